The first-order valence-corrected chi connectivity index (χ1v) is 7.00. The molecule has 1 aliphatic heterocycles. The highest BCUT2D eigenvalue weighted by molar-refractivity contribution is 6.00. The molecule has 1 aliphatic rings. The number of nitrogens with zero attached hydrogens (tertiary/aromatic N) is 2. The Hall–Kier alpha value is -1.89. The molecule has 0 spiro atoms. The van der Waals surface area contributed by atoms with Gasteiger partial charge >= 0.3 is 0 Å². The van der Waals surface area contributed by atoms with Crippen molar-refractivity contribution >= 4 is 17.5 Å². The Kier molecular flexibility index (Phi) is 5.11. The SMILES string of the molecule is CCCNCCNC(=O)C1CC(=O)N(c2cn[nH]c2)C1. The molecule has 1 unspecified atom stereocenters. The molecule has 1 fully saturated rings. The Bertz CT molecular complexity index is 446. The number of hydrogen-bond acceptors (Lipinski definition) is 4. The highest BCUT2D eigenvalue weighted by Gasteiger charge is 2.35. The van der Waals surface area contributed by atoms with Gasteiger partial charge < -0.3 is 15.5 Å². The molecular formula is C13H21N5O2. The third-order valence-corrected chi connectivity index (χ3v) is 3.32. The molecule has 1 atom stereocenters. The summed E-state index contributed by atoms with van der Waals surface area (Å²) in [6.07, 6.45) is 4.59. The van der Waals surface area contributed by atoms with Gasteiger partial charge in [0.1, 0.15) is 0 Å². The molecule has 1 aromatic rings. The van der Waals surface area contributed by atoms with Crippen LogP contribution in [0.1, 0.15) is 19.8 Å². The summed E-state index contributed by atoms with van der Waals surface area (Å²) in [5.74, 6) is -0.359. The minimum atomic E-state index is -0.274. The maximum atomic E-state index is 12.0. The Morgan fingerprint density at radius 3 is 3.05 bits per heavy atom. The van der Waals surface area contributed by atoms with E-state index >= 15 is 0 Å². The van der Waals surface area contributed by atoms with E-state index in [0.29, 0.717) is 13.1 Å². The van der Waals surface area contributed by atoms with E-state index in [9.17, 15) is 9.59 Å². The van der Waals surface area contributed by atoms with Gasteiger partial charge in [-0.05, 0) is 13.0 Å². The van der Waals surface area contributed by atoms with Crippen molar-refractivity contribution in [3.8, 4) is 0 Å². The molecule has 7 nitrogen and oxygen atoms in total. The topological polar surface area (TPSA) is 90.1 Å². The van der Waals surface area contributed by atoms with Gasteiger partial charge in [-0.15, -0.1) is 0 Å². The van der Waals surface area contributed by atoms with E-state index in [1.807, 2.05) is 0 Å². The van der Waals surface area contributed by atoms with Crippen LogP contribution in [0.3, 0.4) is 0 Å². The Morgan fingerprint density at radius 1 is 1.50 bits per heavy atom. The second-order valence-corrected chi connectivity index (χ2v) is 4.90. The average molecular weight is 279 g/mol. The van der Waals surface area contributed by atoms with Crippen molar-refractivity contribution in [3.05, 3.63) is 12.4 Å². The quantitative estimate of drug-likeness (QED) is 0.607. The van der Waals surface area contributed by atoms with Crippen LogP contribution in [0.5, 0.6) is 0 Å². The molecule has 0 bridgehead atoms. The maximum Gasteiger partial charge on any atom is 0.227 e. The summed E-state index contributed by atoms with van der Waals surface area (Å²) in [7, 11) is 0. The smallest absolute Gasteiger partial charge is 0.227 e. The van der Waals surface area contributed by atoms with E-state index in [4.69, 9.17) is 0 Å². The molecule has 2 heterocycles. The van der Waals surface area contributed by atoms with Crippen LogP contribution in [0.4, 0.5) is 5.69 Å². The zero-order valence-corrected chi connectivity index (χ0v) is 11.7. The summed E-state index contributed by atoms with van der Waals surface area (Å²) < 4.78 is 0. The first kappa shape index (κ1) is 14.5. The summed E-state index contributed by atoms with van der Waals surface area (Å²) in [6.45, 7) is 4.82. The van der Waals surface area contributed by atoms with Crippen molar-refractivity contribution in [2.75, 3.05) is 31.1 Å². The molecule has 0 aromatic carbocycles. The van der Waals surface area contributed by atoms with Crippen molar-refractivity contribution in [3.63, 3.8) is 0 Å². The lowest BCUT2D eigenvalue weighted by atomic mass is 10.1. The molecule has 0 aliphatic carbocycles. The first-order valence-electron chi connectivity index (χ1n) is 7.00. The van der Waals surface area contributed by atoms with Gasteiger partial charge in [-0.25, -0.2) is 0 Å². The number of rotatable bonds is 7. The van der Waals surface area contributed by atoms with Crippen LogP contribution < -0.4 is 15.5 Å². The summed E-state index contributed by atoms with van der Waals surface area (Å²) in [5, 5.41) is 12.6. The molecular weight excluding hydrogens is 258 g/mol. The van der Waals surface area contributed by atoms with Crippen molar-refractivity contribution < 1.29 is 9.59 Å². The largest absolute Gasteiger partial charge is 0.355 e. The van der Waals surface area contributed by atoms with Crippen LogP contribution in [0, 0.1) is 5.92 Å². The first-order chi connectivity index (χ1) is 9.72. The molecule has 0 saturated carbocycles. The van der Waals surface area contributed by atoms with E-state index in [0.717, 1.165) is 25.2 Å². The Morgan fingerprint density at radius 2 is 2.35 bits per heavy atom. The van der Waals surface area contributed by atoms with Crippen LogP contribution in [0.15, 0.2) is 12.4 Å². The van der Waals surface area contributed by atoms with Crippen LogP contribution in [-0.4, -0.2) is 48.2 Å². The highest BCUT2D eigenvalue weighted by Crippen LogP contribution is 2.23. The third-order valence-electron chi connectivity index (χ3n) is 3.32. The zero-order chi connectivity index (χ0) is 14.4. The van der Waals surface area contributed by atoms with Gasteiger partial charge in [0.05, 0.1) is 17.8 Å². The lowest BCUT2D eigenvalue weighted by molar-refractivity contribution is -0.126. The van der Waals surface area contributed by atoms with Crippen LogP contribution >= 0.6 is 0 Å². The molecule has 0 radical (unpaired) electrons. The van der Waals surface area contributed by atoms with E-state index < -0.39 is 0 Å². The van der Waals surface area contributed by atoms with Crippen LogP contribution in [0.2, 0.25) is 0 Å². The number of nitrogens with one attached hydrogen (secondary N) is 3. The standard InChI is InChI=1S/C13H21N5O2/c1-2-3-14-4-5-15-13(20)10-6-12(19)18(9-10)11-7-16-17-8-11/h7-8,10,14H,2-6,9H2,1H3,(H,15,20)(H,16,17). The molecule has 110 valence electrons. The zero-order valence-electron chi connectivity index (χ0n) is 11.7. The predicted molar refractivity (Wildman–Crippen MR) is 75.2 cm³/mol. The summed E-state index contributed by atoms with van der Waals surface area (Å²) >= 11 is 0. The van der Waals surface area contributed by atoms with Crippen molar-refractivity contribution in [1.29, 1.82) is 0 Å². The molecule has 3 N–H and O–H groups in total. The number of amides is 2. The summed E-state index contributed by atoms with van der Waals surface area (Å²) in [4.78, 5) is 25.5. The molecule has 7 heteroatoms. The predicted octanol–water partition coefficient (Wildman–Crippen LogP) is -0.122. The second kappa shape index (κ2) is 7.04. The van der Waals surface area contributed by atoms with Crippen molar-refractivity contribution in [1.82, 2.24) is 20.8 Å². The van der Waals surface area contributed by atoms with E-state index in [1.54, 1.807) is 17.3 Å². The van der Waals surface area contributed by atoms with Gasteiger partial charge in [0, 0.05) is 32.3 Å². The van der Waals surface area contributed by atoms with Gasteiger partial charge in [0.15, 0.2) is 0 Å². The molecule has 2 amide bonds. The van der Waals surface area contributed by atoms with E-state index in [1.165, 1.54) is 0 Å². The van der Waals surface area contributed by atoms with Gasteiger partial charge in [0.25, 0.3) is 0 Å². The lowest BCUT2D eigenvalue weighted by Gasteiger charge is -2.14. The number of carbonyl (C=O) groups excluding carboxylic acids is 2. The minimum absolute atomic E-state index is 0.0318. The summed E-state index contributed by atoms with van der Waals surface area (Å²) in [6, 6.07) is 0. The molecule has 1 saturated heterocycles. The van der Waals surface area contributed by atoms with E-state index in [-0.39, 0.29) is 24.2 Å². The molecule has 20 heavy (non-hydrogen) atoms. The van der Waals surface area contributed by atoms with Gasteiger partial charge in [-0.1, -0.05) is 6.92 Å². The fourth-order valence-electron chi connectivity index (χ4n) is 2.24. The van der Waals surface area contributed by atoms with Gasteiger partial charge in [-0.3, -0.25) is 14.7 Å². The fourth-order valence-corrected chi connectivity index (χ4v) is 2.24. The van der Waals surface area contributed by atoms with Crippen LogP contribution in [-0.2, 0) is 9.59 Å². The Balaban J connectivity index is 1.77. The Labute approximate surface area is 118 Å². The molecule has 1 aromatic heterocycles. The number of carbonyl (C=O) groups is 2. The number of anilines is 1. The van der Waals surface area contributed by atoms with Gasteiger partial charge in [0.2, 0.25) is 11.8 Å². The minimum Gasteiger partial charge on any atom is -0.355 e. The number of H-pyrrole nitrogens is 1. The fraction of sp³-hybridized carbons (Fsp3) is 0.615. The maximum absolute atomic E-state index is 12.0. The molecule has 2 rings (SSSR count). The van der Waals surface area contributed by atoms with Crippen molar-refractivity contribution in [2.45, 2.75) is 19.8 Å². The monoisotopic (exact) mass is 279 g/mol. The summed E-state index contributed by atoms with van der Waals surface area (Å²) in [5.41, 5.74) is 0.718. The van der Waals surface area contributed by atoms with Gasteiger partial charge in [-0.2, -0.15) is 5.10 Å². The van der Waals surface area contributed by atoms with Crippen LogP contribution in [0.25, 0.3) is 0 Å². The normalized spacial score (nSPS) is 18.6. The number of aromatic nitrogens is 2. The highest BCUT2D eigenvalue weighted by atomic mass is 16.2. The third kappa shape index (κ3) is 3.57. The average Bonchev–Trinajstić information content (AvgIpc) is 3.07. The van der Waals surface area contributed by atoms with Crippen molar-refractivity contribution in [2.24, 2.45) is 5.92 Å². The lowest BCUT2D eigenvalue weighted by Crippen LogP contribution is -2.37. The number of hydrogen-bond donors (Lipinski definition) is 3. The second-order valence-electron chi connectivity index (χ2n) is 4.90. The van der Waals surface area contributed by atoms with E-state index in [2.05, 4.69) is 27.8 Å². The number of aromatic amines is 1.